The van der Waals surface area contributed by atoms with E-state index in [4.69, 9.17) is 11.6 Å². The fourth-order valence-corrected chi connectivity index (χ4v) is 2.73. The van der Waals surface area contributed by atoms with Gasteiger partial charge in [-0.25, -0.2) is 4.39 Å². The van der Waals surface area contributed by atoms with Gasteiger partial charge in [-0.3, -0.25) is 9.69 Å². The van der Waals surface area contributed by atoms with Crippen LogP contribution in [0.4, 0.5) is 4.39 Å². The summed E-state index contributed by atoms with van der Waals surface area (Å²) in [5.74, 6) is -0.0612. The molecule has 0 amide bonds. The monoisotopic (exact) mass is 269 g/mol. The van der Waals surface area contributed by atoms with Gasteiger partial charge in [0.15, 0.2) is 0 Å². The van der Waals surface area contributed by atoms with Crippen molar-refractivity contribution in [3.63, 3.8) is 0 Å². The maximum Gasteiger partial charge on any atom is 0.131 e. The zero-order valence-corrected chi connectivity index (χ0v) is 11.2. The second kappa shape index (κ2) is 5.81. The van der Waals surface area contributed by atoms with Crippen LogP contribution in [0.3, 0.4) is 0 Å². The predicted molar refractivity (Wildman–Crippen MR) is 70.1 cm³/mol. The maximum absolute atomic E-state index is 13.2. The number of rotatable bonds is 4. The lowest BCUT2D eigenvalue weighted by Crippen LogP contribution is -2.30. The molecule has 0 aromatic heterocycles. The van der Waals surface area contributed by atoms with Crippen LogP contribution < -0.4 is 0 Å². The number of halogens is 2. The molecule has 1 aliphatic rings. The Balaban J connectivity index is 2.08. The second-order valence-electron chi connectivity index (χ2n) is 4.91. The average molecular weight is 270 g/mol. The lowest BCUT2D eigenvalue weighted by Gasteiger charge is -2.24. The van der Waals surface area contributed by atoms with Crippen LogP contribution in [0.1, 0.15) is 31.7 Å². The van der Waals surface area contributed by atoms with Crippen LogP contribution in [0.5, 0.6) is 0 Å². The van der Waals surface area contributed by atoms with Crippen molar-refractivity contribution in [2.45, 2.75) is 38.8 Å². The second-order valence-corrected chi connectivity index (χ2v) is 5.32. The Kier molecular flexibility index (Phi) is 4.36. The number of Topliss-reactive ketones (excluding diaryl/α,β-unsaturated/α-hetero) is 1. The summed E-state index contributed by atoms with van der Waals surface area (Å²) >= 11 is 6.07. The average Bonchev–Trinajstić information content (AvgIpc) is 2.70. The molecule has 18 heavy (non-hydrogen) atoms. The van der Waals surface area contributed by atoms with Crippen LogP contribution in [-0.4, -0.2) is 23.3 Å². The normalized spacial score (nSPS) is 20.3. The number of ketones is 1. The molecule has 1 unspecified atom stereocenters. The fraction of sp³-hybridized carbons (Fsp3) is 0.500. The number of hydrogen-bond acceptors (Lipinski definition) is 2. The Bertz CT molecular complexity index is 449. The first kappa shape index (κ1) is 13.5. The first-order valence-corrected chi connectivity index (χ1v) is 6.61. The SMILES string of the molecule is CC(=O)CC1CCCN1Cc1cc(F)ccc1Cl. The lowest BCUT2D eigenvalue weighted by molar-refractivity contribution is -0.118. The van der Waals surface area contributed by atoms with E-state index in [9.17, 15) is 9.18 Å². The van der Waals surface area contributed by atoms with Crippen LogP contribution in [0.2, 0.25) is 5.02 Å². The predicted octanol–water partition coefficient (Wildman–Crippen LogP) is 3.42. The van der Waals surface area contributed by atoms with Gasteiger partial charge in [-0.05, 0) is 50.1 Å². The third-order valence-corrected chi connectivity index (χ3v) is 3.77. The van der Waals surface area contributed by atoms with E-state index in [0.717, 1.165) is 24.9 Å². The molecule has 98 valence electrons. The number of hydrogen-bond donors (Lipinski definition) is 0. The quantitative estimate of drug-likeness (QED) is 0.835. The van der Waals surface area contributed by atoms with Crippen molar-refractivity contribution in [3.8, 4) is 0 Å². The Labute approximate surface area is 112 Å². The first-order chi connectivity index (χ1) is 8.56. The van der Waals surface area contributed by atoms with E-state index in [-0.39, 0.29) is 17.6 Å². The molecule has 1 aromatic rings. The zero-order chi connectivity index (χ0) is 13.1. The highest BCUT2D eigenvalue weighted by Crippen LogP contribution is 2.26. The summed E-state index contributed by atoms with van der Waals surface area (Å²) in [6, 6.07) is 4.71. The minimum Gasteiger partial charge on any atom is -0.300 e. The molecule has 0 radical (unpaired) electrons. The minimum atomic E-state index is -0.267. The summed E-state index contributed by atoms with van der Waals surface area (Å²) in [5, 5.41) is 0.588. The lowest BCUT2D eigenvalue weighted by atomic mass is 10.1. The third-order valence-electron chi connectivity index (χ3n) is 3.40. The molecule has 0 bridgehead atoms. The van der Waals surface area contributed by atoms with E-state index in [1.165, 1.54) is 12.1 Å². The van der Waals surface area contributed by atoms with Crippen LogP contribution in [-0.2, 0) is 11.3 Å². The highest BCUT2D eigenvalue weighted by molar-refractivity contribution is 6.31. The van der Waals surface area contributed by atoms with Gasteiger partial charge in [0.25, 0.3) is 0 Å². The van der Waals surface area contributed by atoms with Gasteiger partial charge in [-0.1, -0.05) is 11.6 Å². The minimum absolute atomic E-state index is 0.206. The van der Waals surface area contributed by atoms with E-state index < -0.39 is 0 Å². The molecule has 1 saturated heterocycles. The topological polar surface area (TPSA) is 20.3 Å². The summed E-state index contributed by atoms with van der Waals surface area (Å²) < 4.78 is 13.2. The Morgan fingerprint density at radius 3 is 3.06 bits per heavy atom. The molecule has 1 aromatic carbocycles. The molecule has 4 heteroatoms. The molecule has 0 spiro atoms. The van der Waals surface area contributed by atoms with E-state index >= 15 is 0 Å². The van der Waals surface area contributed by atoms with Crippen LogP contribution in [0, 0.1) is 5.82 Å². The van der Waals surface area contributed by atoms with Crippen molar-refractivity contribution >= 4 is 17.4 Å². The highest BCUT2D eigenvalue weighted by Gasteiger charge is 2.26. The number of benzene rings is 1. The molecule has 0 N–H and O–H groups in total. The molecular weight excluding hydrogens is 253 g/mol. The molecular formula is C14H17ClFNO. The Morgan fingerprint density at radius 1 is 1.56 bits per heavy atom. The largest absolute Gasteiger partial charge is 0.300 e. The van der Waals surface area contributed by atoms with Crippen LogP contribution in [0.15, 0.2) is 18.2 Å². The molecule has 2 nitrogen and oxygen atoms in total. The smallest absolute Gasteiger partial charge is 0.131 e. The van der Waals surface area contributed by atoms with Gasteiger partial charge in [-0.2, -0.15) is 0 Å². The summed E-state index contributed by atoms with van der Waals surface area (Å²) in [4.78, 5) is 13.4. The Morgan fingerprint density at radius 2 is 2.33 bits per heavy atom. The van der Waals surface area contributed by atoms with Gasteiger partial charge in [0.2, 0.25) is 0 Å². The standard InChI is InChI=1S/C14H17ClFNO/c1-10(18)7-13-3-2-6-17(13)9-11-8-12(16)4-5-14(11)15/h4-5,8,13H,2-3,6-7,9H2,1H3. The summed E-state index contributed by atoms with van der Waals surface area (Å²) in [6.07, 6.45) is 2.70. The zero-order valence-electron chi connectivity index (χ0n) is 10.5. The number of nitrogens with zero attached hydrogens (tertiary/aromatic N) is 1. The van der Waals surface area contributed by atoms with Gasteiger partial charge in [-0.15, -0.1) is 0 Å². The number of likely N-dealkylation sites (tertiary alicyclic amines) is 1. The fourth-order valence-electron chi connectivity index (χ4n) is 2.55. The van der Waals surface area contributed by atoms with Gasteiger partial charge < -0.3 is 0 Å². The number of carbonyl (C=O) groups is 1. The van der Waals surface area contributed by atoms with Crippen LogP contribution in [0.25, 0.3) is 0 Å². The van der Waals surface area contributed by atoms with Crippen molar-refractivity contribution in [2.24, 2.45) is 0 Å². The maximum atomic E-state index is 13.2. The van der Waals surface area contributed by atoms with Gasteiger partial charge in [0.05, 0.1) is 0 Å². The van der Waals surface area contributed by atoms with E-state index in [0.29, 0.717) is 18.0 Å². The highest BCUT2D eigenvalue weighted by atomic mass is 35.5. The van der Waals surface area contributed by atoms with Gasteiger partial charge in [0.1, 0.15) is 11.6 Å². The van der Waals surface area contributed by atoms with Crippen LogP contribution >= 0.6 is 11.6 Å². The summed E-state index contributed by atoms with van der Waals surface area (Å²) in [7, 11) is 0. The van der Waals surface area contributed by atoms with Gasteiger partial charge >= 0.3 is 0 Å². The molecule has 1 fully saturated rings. The molecule has 1 atom stereocenters. The molecule has 0 aliphatic carbocycles. The molecule has 0 saturated carbocycles. The summed E-state index contributed by atoms with van der Waals surface area (Å²) in [5.41, 5.74) is 0.798. The Hall–Kier alpha value is -0.930. The third kappa shape index (κ3) is 3.30. The van der Waals surface area contributed by atoms with Gasteiger partial charge in [0, 0.05) is 24.0 Å². The number of carbonyl (C=O) groups excluding carboxylic acids is 1. The first-order valence-electron chi connectivity index (χ1n) is 6.23. The van der Waals surface area contributed by atoms with Crippen molar-refractivity contribution in [3.05, 3.63) is 34.6 Å². The van der Waals surface area contributed by atoms with E-state index in [1.54, 1.807) is 13.0 Å². The van der Waals surface area contributed by atoms with E-state index in [1.807, 2.05) is 0 Å². The molecule has 1 heterocycles. The van der Waals surface area contributed by atoms with Crippen molar-refractivity contribution in [2.75, 3.05) is 6.54 Å². The molecule has 2 rings (SSSR count). The summed E-state index contributed by atoms with van der Waals surface area (Å²) in [6.45, 7) is 3.19. The van der Waals surface area contributed by atoms with Crippen molar-refractivity contribution in [1.82, 2.24) is 4.90 Å². The van der Waals surface area contributed by atoms with Crippen molar-refractivity contribution < 1.29 is 9.18 Å². The molecule has 1 aliphatic heterocycles. The van der Waals surface area contributed by atoms with Crippen molar-refractivity contribution in [1.29, 1.82) is 0 Å². The van der Waals surface area contributed by atoms with E-state index in [2.05, 4.69) is 4.90 Å².